The molecule has 0 bridgehead atoms. The molecule has 0 aromatic heterocycles. The highest BCUT2D eigenvalue weighted by Gasteiger charge is 2.22. The largest absolute Gasteiger partial charge is 0.459 e. The second-order valence-corrected chi connectivity index (χ2v) is 5.94. The quantitative estimate of drug-likeness (QED) is 0.762. The molecule has 0 unspecified atom stereocenters. The van der Waals surface area contributed by atoms with E-state index in [1.165, 1.54) is 4.90 Å². The van der Waals surface area contributed by atoms with E-state index >= 15 is 0 Å². The molecule has 0 atom stereocenters. The van der Waals surface area contributed by atoms with Gasteiger partial charge in [-0.05, 0) is 38.5 Å². The maximum Gasteiger partial charge on any atom is 0.326 e. The van der Waals surface area contributed by atoms with Crippen molar-refractivity contribution in [2.45, 2.75) is 32.9 Å². The molecule has 1 aromatic carbocycles. The lowest BCUT2D eigenvalue weighted by molar-refractivity contribution is -0.155. The molecule has 6 heteroatoms. The Morgan fingerprint density at radius 1 is 1.23 bits per heavy atom. The van der Waals surface area contributed by atoms with E-state index < -0.39 is 11.6 Å². The molecule has 0 aliphatic heterocycles. The van der Waals surface area contributed by atoms with Crippen LogP contribution in [0.25, 0.3) is 0 Å². The van der Waals surface area contributed by atoms with E-state index in [2.05, 4.69) is 0 Å². The third kappa shape index (κ3) is 5.83. The van der Waals surface area contributed by atoms with Gasteiger partial charge in [-0.3, -0.25) is 9.59 Å². The molecule has 1 rings (SSSR count). The molecule has 1 aromatic rings. The molecule has 0 aliphatic carbocycles. The lowest BCUT2D eigenvalue weighted by Gasteiger charge is -2.24. The molecule has 3 N–H and O–H groups in total. The number of ether oxygens (including phenoxy) is 1. The number of carbonyl (C=O) groups excluding carboxylic acids is 2. The molecule has 0 fully saturated rings. The Hall–Kier alpha value is -1.92. The molecular weight excluding hydrogens is 284 g/mol. The number of aliphatic hydroxyl groups excluding tert-OH is 1. The van der Waals surface area contributed by atoms with Crippen molar-refractivity contribution in [2.75, 3.05) is 19.7 Å². The smallest absolute Gasteiger partial charge is 0.326 e. The Balaban J connectivity index is 2.80. The van der Waals surface area contributed by atoms with E-state index in [0.29, 0.717) is 12.1 Å². The van der Waals surface area contributed by atoms with Crippen molar-refractivity contribution in [1.29, 1.82) is 0 Å². The van der Waals surface area contributed by atoms with Crippen molar-refractivity contribution in [3.05, 3.63) is 35.4 Å². The molecule has 1 amide bonds. The number of hydrogen-bond donors (Lipinski definition) is 2. The van der Waals surface area contributed by atoms with Gasteiger partial charge in [0.15, 0.2) is 0 Å². The first-order valence-electron chi connectivity index (χ1n) is 7.18. The second kappa shape index (κ2) is 7.91. The highest BCUT2D eigenvalue weighted by molar-refractivity contribution is 5.96. The first-order chi connectivity index (χ1) is 10.3. The van der Waals surface area contributed by atoms with Gasteiger partial charge in [0, 0.05) is 18.7 Å². The Morgan fingerprint density at radius 3 is 2.27 bits per heavy atom. The Morgan fingerprint density at radius 2 is 1.82 bits per heavy atom. The van der Waals surface area contributed by atoms with Gasteiger partial charge >= 0.3 is 5.97 Å². The van der Waals surface area contributed by atoms with Crippen LogP contribution in [0, 0.1) is 0 Å². The minimum Gasteiger partial charge on any atom is -0.459 e. The maximum atomic E-state index is 12.4. The van der Waals surface area contributed by atoms with E-state index in [1.54, 1.807) is 45.0 Å². The summed E-state index contributed by atoms with van der Waals surface area (Å²) in [5.74, 6) is -0.837. The lowest BCUT2D eigenvalue weighted by atomic mass is 10.1. The van der Waals surface area contributed by atoms with E-state index in [0.717, 1.165) is 5.56 Å². The predicted molar refractivity (Wildman–Crippen MR) is 83.2 cm³/mol. The fourth-order valence-electron chi connectivity index (χ4n) is 1.87. The molecular formula is C16H24N2O4. The van der Waals surface area contributed by atoms with Gasteiger partial charge in [-0.2, -0.15) is 0 Å². The Kier molecular flexibility index (Phi) is 6.52. The van der Waals surface area contributed by atoms with Crippen LogP contribution in [0.5, 0.6) is 0 Å². The maximum absolute atomic E-state index is 12.4. The summed E-state index contributed by atoms with van der Waals surface area (Å²) in [5.41, 5.74) is 6.25. The van der Waals surface area contributed by atoms with Gasteiger partial charge in [-0.1, -0.05) is 12.1 Å². The molecule has 0 saturated heterocycles. The summed E-state index contributed by atoms with van der Waals surface area (Å²) in [6.45, 7) is 5.31. The van der Waals surface area contributed by atoms with Crippen LogP contribution in [-0.4, -0.2) is 47.2 Å². The van der Waals surface area contributed by atoms with Crippen LogP contribution in [0.4, 0.5) is 0 Å². The van der Waals surface area contributed by atoms with E-state index in [9.17, 15) is 9.59 Å². The minimum absolute atomic E-state index is 0.0662. The van der Waals surface area contributed by atoms with Crippen molar-refractivity contribution in [2.24, 2.45) is 5.73 Å². The zero-order chi connectivity index (χ0) is 16.8. The summed E-state index contributed by atoms with van der Waals surface area (Å²) in [4.78, 5) is 25.5. The van der Waals surface area contributed by atoms with E-state index in [1.807, 2.05) is 0 Å². The summed E-state index contributed by atoms with van der Waals surface area (Å²) in [7, 11) is 0. The van der Waals surface area contributed by atoms with Gasteiger partial charge in [0.05, 0.1) is 6.61 Å². The molecule has 0 spiro atoms. The molecule has 6 nitrogen and oxygen atoms in total. The van der Waals surface area contributed by atoms with Gasteiger partial charge in [-0.25, -0.2) is 0 Å². The van der Waals surface area contributed by atoms with Gasteiger partial charge in [0.2, 0.25) is 0 Å². The van der Waals surface area contributed by atoms with Crippen LogP contribution in [0.3, 0.4) is 0 Å². The van der Waals surface area contributed by atoms with Gasteiger partial charge in [-0.15, -0.1) is 0 Å². The number of nitrogens with zero attached hydrogens (tertiary/aromatic N) is 1. The molecule has 22 heavy (non-hydrogen) atoms. The number of esters is 1. The lowest BCUT2D eigenvalue weighted by Crippen LogP contribution is -2.40. The average molecular weight is 308 g/mol. The summed E-state index contributed by atoms with van der Waals surface area (Å²) in [6, 6.07) is 6.84. The number of rotatable bonds is 6. The summed E-state index contributed by atoms with van der Waals surface area (Å²) >= 11 is 0. The van der Waals surface area contributed by atoms with E-state index in [4.69, 9.17) is 15.6 Å². The molecule has 0 heterocycles. The number of amides is 1. The topological polar surface area (TPSA) is 92.9 Å². The van der Waals surface area contributed by atoms with Crippen molar-refractivity contribution < 1.29 is 19.4 Å². The van der Waals surface area contributed by atoms with Crippen LogP contribution in [0.1, 0.15) is 36.7 Å². The highest BCUT2D eigenvalue weighted by Crippen LogP contribution is 2.10. The van der Waals surface area contributed by atoms with Gasteiger partial charge in [0.1, 0.15) is 12.1 Å². The highest BCUT2D eigenvalue weighted by atomic mass is 16.6. The zero-order valence-electron chi connectivity index (χ0n) is 13.3. The number of hydrogen-bond acceptors (Lipinski definition) is 5. The monoisotopic (exact) mass is 308 g/mol. The minimum atomic E-state index is -0.617. The van der Waals surface area contributed by atoms with Crippen molar-refractivity contribution in [1.82, 2.24) is 4.90 Å². The Labute approximate surface area is 130 Å². The van der Waals surface area contributed by atoms with Gasteiger partial charge in [0.25, 0.3) is 5.91 Å². The summed E-state index contributed by atoms with van der Waals surface area (Å²) in [6.07, 6.45) is 0. The van der Waals surface area contributed by atoms with Crippen LogP contribution < -0.4 is 5.73 Å². The summed E-state index contributed by atoms with van der Waals surface area (Å²) in [5, 5.41) is 9.10. The van der Waals surface area contributed by atoms with Crippen LogP contribution in [0.15, 0.2) is 24.3 Å². The SMILES string of the molecule is CC(C)(C)OC(=O)CN(CCO)C(=O)c1ccc(CN)cc1. The van der Waals surface area contributed by atoms with Crippen LogP contribution in [0.2, 0.25) is 0 Å². The zero-order valence-corrected chi connectivity index (χ0v) is 13.3. The van der Waals surface area contributed by atoms with Crippen molar-refractivity contribution in [3.63, 3.8) is 0 Å². The second-order valence-electron chi connectivity index (χ2n) is 5.94. The number of benzene rings is 1. The Bertz CT molecular complexity index is 506. The number of nitrogens with two attached hydrogens (primary N) is 1. The first-order valence-corrected chi connectivity index (χ1v) is 7.18. The fraction of sp³-hybridized carbons (Fsp3) is 0.500. The van der Waals surface area contributed by atoms with Crippen LogP contribution in [-0.2, 0) is 16.1 Å². The standard InChI is InChI=1S/C16H24N2O4/c1-16(2,3)22-14(20)11-18(8-9-19)15(21)13-6-4-12(10-17)5-7-13/h4-7,19H,8-11,17H2,1-3H3. The molecule has 0 radical (unpaired) electrons. The molecule has 0 saturated carbocycles. The van der Waals surface area contributed by atoms with Crippen molar-refractivity contribution in [3.8, 4) is 0 Å². The van der Waals surface area contributed by atoms with Gasteiger partial charge < -0.3 is 20.5 Å². The normalized spacial score (nSPS) is 11.1. The number of carbonyl (C=O) groups is 2. The molecule has 0 aliphatic rings. The predicted octanol–water partition coefficient (Wildman–Crippen LogP) is 0.921. The van der Waals surface area contributed by atoms with Crippen LogP contribution >= 0.6 is 0 Å². The molecule has 122 valence electrons. The number of aliphatic hydroxyl groups is 1. The van der Waals surface area contributed by atoms with Crippen molar-refractivity contribution >= 4 is 11.9 Å². The third-order valence-electron chi connectivity index (χ3n) is 2.83. The summed E-state index contributed by atoms with van der Waals surface area (Å²) < 4.78 is 5.21. The average Bonchev–Trinajstić information content (AvgIpc) is 2.44. The van der Waals surface area contributed by atoms with E-state index in [-0.39, 0.29) is 25.6 Å². The first kappa shape index (κ1) is 18.1. The third-order valence-corrected chi connectivity index (χ3v) is 2.83. The fourth-order valence-corrected chi connectivity index (χ4v) is 1.87.